The lowest BCUT2D eigenvalue weighted by molar-refractivity contribution is -0.130. The minimum absolute atomic E-state index is 0.199. The van der Waals surface area contributed by atoms with Crippen LogP contribution in [0.1, 0.15) is 28.2 Å². The molecule has 0 radical (unpaired) electrons. The molecule has 0 aromatic carbocycles. The summed E-state index contributed by atoms with van der Waals surface area (Å²) in [6.45, 7) is 3.47. The Balaban J connectivity index is 1.79. The zero-order valence-electron chi connectivity index (χ0n) is 12.0. The maximum Gasteiger partial charge on any atom is 0.325 e. The average molecular weight is 307 g/mol. The molecule has 112 valence electrons. The third kappa shape index (κ3) is 2.25. The lowest BCUT2D eigenvalue weighted by Crippen LogP contribution is -2.47. The van der Waals surface area contributed by atoms with Gasteiger partial charge in [-0.3, -0.25) is 14.5 Å². The number of aryl methyl sites for hydroxylation is 2. The molecule has 3 heterocycles. The van der Waals surface area contributed by atoms with Gasteiger partial charge in [-0.25, -0.2) is 4.79 Å². The van der Waals surface area contributed by atoms with Gasteiger partial charge in [0.25, 0.3) is 5.91 Å². The number of imide groups is 1. The van der Waals surface area contributed by atoms with Crippen molar-refractivity contribution in [3.63, 3.8) is 0 Å². The fourth-order valence-corrected chi connectivity index (χ4v) is 4.22. The summed E-state index contributed by atoms with van der Waals surface area (Å²) in [6.07, 6.45) is 0.634. The molecule has 2 aliphatic heterocycles. The molecule has 3 rings (SSSR count). The molecular formula is C14H17N3O3S. The normalized spacial score (nSPS) is 25.0. The Labute approximate surface area is 126 Å². The minimum Gasteiger partial charge on any atom is -0.362 e. The summed E-state index contributed by atoms with van der Waals surface area (Å²) in [7, 11) is 0. The molecule has 0 aliphatic carbocycles. The third-order valence-corrected chi connectivity index (χ3v) is 5.21. The fourth-order valence-electron chi connectivity index (χ4n) is 2.89. The molecule has 2 N–H and O–H groups in total. The summed E-state index contributed by atoms with van der Waals surface area (Å²) >= 11 is 1.65. The number of Topliss-reactive ketones (excluding diaryl/α,β-unsaturated/α-hetero) is 1. The van der Waals surface area contributed by atoms with Crippen molar-refractivity contribution in [2.24, 2.45) is 0 Å². The molecule has 1 spiro atoms. The maximum atomic E-state index is 12.5. The number of hydrogen-bond donors (Lipinski definition) is 2. The number of carbonyl (C=O) groups is 3. The highest BCUT2D eigenvalue weighted by Gasteiger charge is 2.53. The van der Waals surface area contributed by atoms with Gasteiger partial charge in [-0.15, -0.1) is 0 Å². The van der Waals surface area contributed by atoms with Crippen molar-refractivity contribution in [3.05, 3.63) is 23.0 Å². The smallest absolute Gasteiger partial charge is 0.325 e. The average Bonchev–Trinajstić information content (AvgIpc) is 3.07. The Morgan fingerprint density at radius 3 is 2.76 bits per heavy atom. The van der Waals surface area contributed by atoms with E-state index >= 15 is 0 Å². The minimum atomic E-state index is -0.787. The summed E-state index contributed by atoms with van der Waals surface area (Å²) in [5, 5.41) is 2.76. The van der Waals surface area contributed by atoms with Gasteiger partial charge >= 0.3 is 6.03 Å². The van der Waals surface area contributed by atoms with Crippen molar-refractivity contribution in [2.45, 2.75) is 25.8 Å². The number of nitrogens with one attached hydrogen (secondary N) is 2. The molecule has 0 bridgehead atoms. The van der Waals surface area contributed by atoms with Gasteiger partial charge in [-0.1, -0.05) is 0 Å². The van der Waals surface area contributed by atoms with Crippen LogP contribution in [0.5, 0.6) is 0 Å². The molecule has 3 amide bonds. The molecule has 1 aromatic heterocycles. The van der Waals surface area contributed by atoms with Gasteiger partial charge < -0.3 is 10.3 Å². The predicted octanol–water partition coefficient (Wildman–Crippen LogP) is 1.24. The van der Waals surface area contributed by atoms with E-state index in [4.69, 9.17) is 0 Å². The van der Waals surface area contributed by atoms with Crippen LogP contribution in [-0.4, -0.2) is 51.2 Å². The number of H-pyrrole nitrogens is 1. The lowest BCUT2D eigenvalue weighted by Gasteiger charge is -2.18. The second-order valence-electron chi connectivity index (χ2n) is 5.62. The van der Waals surface area contributed by atoms with Gasteiger partial charge in [-0.05, 0) is 32.1 Å². The summed E-state index contributed by atoms with van der Waals surface area (Å²) < 4.78 is 0. The van der Waals surface area contributed by atoms with Crippen molar-refractivity contribution in [2.75, 3.05) is 18.1 Å². The zero-order valence-corrected chi connectivity index (χ0v) is 12.8. The SMILES string of the molecule is Cc1cc(C(=O)CN2C(=O)N[C@]3(CCSC3)C2=O)c(C)[nH]1. The van der Waals surface area contributed by atoms with Crippen LogP contribution in [0.3, 0.4) is 0 Å². The molecule has 2 saturated heterocycles. The van der Waals surface area contributed by atoms with Crippen LogP contribution in [-0.2, 0) is 4.79 Å². The first-order chi connectivity index (χ1) is 9.93. The first-order valence-corrected chi connectivity index (χ1v) is 8.00. The number of aromatic amines is 1. The monoisotopic (exact) mass is 307 g/mol. The van der Waals surface area contributed by atoms with Gasteiger partial charge in [0, 0.05) is 22.7 Å². The van der Waals surface area contributed by atoms with E-state index in [1.165, 1.54) is 0 Å². The molecule has 0 unspecified atom stereocenters. The fraction of sp³-hybridized carbons (Fsp3) is 0.500. The second-order valence-corrected chi connectivity index (χ2v) is 6.73. The molecule has 6 nitrogen and oxygen atoms in total. The van der Waals surface area contributed by atoms with E-state index in [0.717, 1.165) is 22.0 Å². The quantitative estimate of drug-likeness (QED) is 0.650. The third-order valence-electron chi connectivity index (χ3n) is 4.02. The van der Waals surface area contributed by atoms with E-state index in [1.807, 2.05) is 6.92 Å². The number of nitrogens with zero attached hydrogens (tertiary/aromatic N) is 1. The molecule has 7 heteroatoms. The molecule has 2 aliphatic rings. The Morgan fingerprint density at radius 2 is 2.19 bits per heavy atom. The Morgan fingerprint density at radius 1 is 1.43 bits per heavy atom. The predicted molar refractivity (Wildman–Crippen MR) is 79.5 cm³/mol. The first kappa shape index (κ1) is 14.2. The number of urea groups is 1. The standard InChI is InChI=1S/C14H17N3O3S/c1-8-5-10(9(2)15-8)11(18)6-17-12(19)14(16-13(17)20)3-4-21-7-14/h5,15H,3-4,6-7H2,1-2H3,(H,16,20)/t14-/m0/s1. The zero-order chi connectivity index (χ0) is 15.2. The van der Waals surface area contributed by atoms with Crippen LogP contribution < -0.4 is 5.32 Å². The van der Waals surface area contributed by atoms with Crippen LogP contribution in [0.15, 0.2) is 6.07 Å². The number of aromatic nitrogens is 1. The maximum absolute atomic E-state index is 12.5. The number of amides is 3. The summed E-state index contributed by atoms with van der Waals surface area (Å²) in [5.74, 6) is 0.952. The van der Waals surface area contributed by atoms with Crippen LogP contribution in [0.2, 0.25) is 0 Å². The number of hydrogen-bond acceptors (Lipinski definition) is 4. The highest BCUT2D eigenvalue weighted by atomic mass is 32.2. The highest BCUT2D eigenvalue weighted by Crippen LogP contribution is 2.33. The van der Waals surface area contributed by atoms with Crippen molar-refractivity contribution >= 4 is 29.5 Å². The van der Waals surface area contributed by atoms with E-state index < -0.39 is 11.6 Å². The van der Waals surface area contributed by atoms with Crippen LogP contribution in [0, 0.1) is 13.8 Å². The van der Waals surface area contributed by atoms with Gasteiger partial charge in [0.1, 0.15) is 5.54 Å². The van der Waals surface area contributed by atoms with Gasteiger partial charge in [0.2, 0.25) is 0 Å². The van der Waals surface area contributed by atoms with Crippen LogP contribution in [0.4, 0.5) is 4.79 Å². The first-order valence-electron chi connectivity index (χ1n) is 6.84. The highest BCUT2D eigenvalue weighted by molar-refractivity contribution is 7.99. The van der Waals surface area contributed by atoms with E-state index in [0.29, 0.717) is 17.7 Å². The number of carbonyl (C=O) groups excluding carboxylic acids is 3. The van der Waals surface area contributed by atoms with Crippen molar-refractivity contribution in [3.8, 4) is 0 Å². The van der Waals surface area contributed by atoms with E-state index in [-0.39, 0.29) is 18.2 Å². The van der Waals surface area contributed by atoms with Crippen LogP contribution in [0.25, 0.3) is 0 Å². The van der Waals surface area contributed by atoms with Gasteiger partial charge in [-0.2, -0.15) is 11.8 Å². The number of rotatable bonds is 3. The topological polar surface area (TPSA) is 82.3 Å². The summed E-state index contributed by atoms with van der Waals surface area (Å²) in [5.41, 5.74) is 1.40. The van der Waals surface area contributed by atoms with E-state index in [2.05, 4.69) is 10.3 Å². The molecule has 21 heavy (non-hydrogen) atoms. The number of thioether (sulfide) groups is 1. The largest absolute Gasteiger partial charge is 0.362 e. The Bertz CT molecular complexity index is 631. The molecule has 1 aromatic rings. The summed E-state index contributed by atoms with van der Waals surface area (Å²) in [4.78, 5) is 40.9. The molecule has 1 atom stereocenters. The van der Waals surface area contributed by atoms with Gasteiger partial charge in [0.05, 0.1) is 6.54 Å². The number of ketones is 1. The van der Waals surface area contributed by atoms with Crippen molar-refractivity contribution in [1.29, 1.82) is 0 Å². The lowest BCUT2D eigenvalue weighted by atomic mass is 9.99. The van der Waals surface area contributed by atoms with Gasteiger partial charge in [0.15, 0.2) is 5.78 Å². The molecule has 0 saturated carbocycles. The van der Waals surface area contributed by atoms with E-state index in [9.17, 15) is 14.4 Å². The molecule has 2 fully saturated rings. The Hall–Kier alpha value is -1.76. The van der Waals surface area contributed by atoms with E-state index in [1.54, 1.807) is 24.8 Å². The Kier molecular flexibility index (Phi) is 3.32. The van der Waals surface area contributed by atoms with Crippen LogP contribution >= 0.6 is 11.8 Å². The second kappa shape index (κ2) is 4.91. The summed E-state index contributed by atoms with van der Waals surface area (Å²) in [6, 6.07) is 1.29. The molecular weight excluding hydrogens is 290 g/mol. The van der Waals surface area contributed by atoms with Crippen molar-refractivity contribution < 1.29 is 14.4 Å². The van der Waals surface area contributed by atoms with Crippen molar-refractivity contribution in [1.82, 2.24) is 15.2 Å².